The Morgan fingerprint density at radius 1 is 0.697 bits per heavy atom. The second kappa shape index (κ2) is 8.83. The Kier molecular flexibility index (Phi) is 6.24. The third-order valence-corrected chi connectivity index (χ3v) is 8.39. The molecule has 1 aliphatic rings. The summed E-state index contributed by atoms with van der Waals surface area (Å²) in [6, 6.07) is 22.1. The summed E-state index contributed by atoms with van der Waals surface area (Å²) < 4.78 is 6.40. The first kappa shape index (κ1) is 23.3. The fourth-order valence-electron chi connectivity index (χ4n) is 6.02. The first-order valence-electron chi connectivity index (χ1n) is 11.9. The molecule has 0 N–H and O–H groups in total. The van der Waals surface area contributed by atoms with Gasteiger partial charge in [0.15, 0.2) is 0 Å². The van der Waals surface area contributed by atoms with Crippen molar-refractivity contribution < 1.29 is 4.43 Å². The maximum absolute atomic E-state index is 6.40. The number of benzene rings is 3. The van der Waals surface area contributed by atoms with Crippen molar-refractivity contribution in [2.75, 3.05) is 0 Å². The van der Waals surface area contributed by atoms with E-state index in [0.717, 1.165) is 5.75 Å². The molecule has 0 aliphatic heterocycles. The molecule has 0 radical (unpaired) electrons. The largest absolute Gasteiger partial charge is 0.553 e. The molecule has 3 aromatic carbocycles. The molecule has 1 aliphatic carbocycles. The van der Waals surface area contributed by atoms with E-state index in [1.807, 2.05) is 0 Å². The third kappa shape index (κ3) is 3.43. The molecule has 0 bridgehead atoms. The lowest BCUT2D eigenvalue weighted by atomic mass is 9.60. The van der Waals surface area contributed by atoms with Gasteiger partial charge in [0.1, 0.15) is 5.75 Å². The minimum Gasteiger partial charge on any atom is -0.553 e. The standard InChI is InChI=1S/C31H36OSi/c1-19-18-20(2)28(21(19)3)31(26-14-10-8-11-15-26,27-16-12-9-13-17-27)29-24(6)22(4)23(5)25(7)30(29)32-33/h8-18,20H,1-7,33H3. The van der Waals surface area contributed by atoms with Crippen LogP contribution in [0.15, 0.2) is 83.5 Å². The highest BCUT2D eigenvalue weighted by Gasteiger charge is 2.47. The molecule has 1 nitrogen and oxygen atoms in total. The van der Waals surface area contributed by atoms with Gasteiger partial charge in [-0.15, -0.1) is 0 Å². The predicted octanol–water partition coefficient (Wildman–Crippen LogP) is 6.83. The van der Waals surface area contributed by atoms with E-state index in [1.54, 1.807) is 0 Å². The Morgan fingerprint density at radius 3 is 1.61 bits per heavy atom. The summed E-state index contributed by atoms with van der Waals surface area (Å²) >= 11 is 0. The maximum atomic E-state index is 6.40. The van der Waals surface area contributed by atoms with Crippen LogP contribution < -0.4 is 4.43 Å². The predicted molar refractivity (Wildman–Crippen MR) is 144 cm³/mol. The monoisotopic (exact) mass is 452 g/mol. The summed E-state index contributed by atoms with van der Waals surface area (Å²) in [5.74, 6) is 1.39. The van der Waals surface area contributed by atoms with E-state index in [2.05, 4.69) is 115 Å². The normalized spacial score (nSPS) is 16.3. The molecule has 0 heterocycles. The van der Waals surface area contributed by atoms with Crippen molar-refractivity contribution in [3.8, 4) is 5.75 Å². The van der Waals surface area contributed by atoms with Crippen LogP contribution in [0.2, 0.25) is 0 Å². The Balaban J connectivity index is 2.32. The van der Waals surface area contributed by atoms with Gasteiger partial charge in [-0.2, -0.15) is 0 Å². The van der Waals surface area contributed by atoms with Crippen LogP contribution >= 0.6 is 0 Å². The van der Waals surface area contributed by atoms with Crippen molar-refractivity contribution in [1.29, 1.82) is 0 Å². The van der Waals surface area contributed by atoms with Crippen LogP contribution in [0.25, 0.3) is 0 Å². The molecule has 0 fully saturated rings. The zero-order valence-corrected chi connectivity index (χ0v) is 23.3. The molecule has 0 saturated heterocycles. The van der Waals surface area contributed by atoms with Crippen LogP contribution in [0, 0.1) is 33.6 Å². The highest BCUT2D eigenvalue weighted by Crippen LogP contribution is 2.56. The minimum atomic E-state index is -0.437. The van der Waals surface area contributed by atoms with Gasteiger partial charge in [0.05, 0.1) is 5.41 Å². The summed E-state index contributed by atoms with van der Waals surface area (Å²) in [6.45, 7) is 15.9. The summed E-state index contributed by atoms with van der Waals surface area (Å²) in [4.78, 5) is 0. The van der Waals surface area contributed by atoms with Crippen molar-refractivity contribution in [2.24, 2.45) is 5.92 Å². The highest BCUT2D eigenvalue weighted by atomic mass is 28.2. The van der Waals surface area contributed by atoms with Gasteiger partial charge in [-0.25, -0.2) is 0 Å². The first-order valence-corrected chi connectivity index (χ1v) is 12.7. The van der Waals surface area contributed by atoms with Crippen LogP contribution in [-0.2, 0) is 5.41 Å². The van der Waals surface area contributed by atoms with E-state index in [9.17, 15) is 0 Å². The third-order valence-electron chi connectivity index (χ3n) is 7.98. The summed E-state index contributed by atoms with van der Waals surface area (Å²) in [5, 5.41) is 0. The second-order valence-electron chi connectivity index (χ2n) is 9.57. The summed E-state index contributed by atoms with van der Waals surface area (Å²) in [5.41, 5.74) is 13.0. The minimum absolute atomic E-state index is 0.327. The van der Waals surface area contributed by atoms with E-state index < -0.39 is 5.41 Å². The Bertz CT molecular complexity index is 1210. The Morgan fingerprint density at radius 2 is 1.18 bits per heavy atom. The molecule has 0 aromatic heterocycles. The lowest BCUT2D eigenvalue weighted by Crippen LogP contribution is -2.36. The SMILES string of the molecule is CC1=CC(C)C(C(c2ccccc2)(c2ccccc2)c2c(C)c(C)c(C)c(C)c2O[SiH3])=C1C. The van der Waals surface area contributed by atoms with Gasteiger partial charge in [0.25, 0.3) is 0 Å². The van der Waals surface area contributed by atoms with Gasteiger partial charge < -0.3 is 4.43 Å². The number of rotatable bonds is 5. The van der Waals surface area contributed by atoms with E-state index in [1.165, 1.54) is 55.7 Å². The van der Waals surface area contributed by atoms with Gasteiger partial charge in [-0.3, -0.25) is 0 Å². The van der Waals surface area contributed by atoms with Gasteiger partial charge >= 0.3 is 0 Å². The quantitative estimate of drug-likeness (QED) is 0.305. The fourth-order valence-corrected chi connectivity index (χ4v) is 6.53. The van der Waals surface area contributed by atoms with Crippen LogP contribution in [-0.4, -0.2) is 10.5 Å². The van der Waals surface area contributed by atoms with Gasteiger partial charge in [0, 0.05) is 5.56 Å². The van der Waals surface area contributed by atoms with Crippen LogP contribution in [0.3, 0.4) is 0 Å². The molecule has 170 valence electrons. The molecule has 0 amide bonds. The zero-order chi connectivity index (χ0) is 23.9. The molecule has 4 rings (SSSR count). The summed E-state index contributed by atoms with van der Waals surface area (Å²) in [7, 11) is 0.647. The van der Waals surface area contributed by atoms with Gasteiger partial charge in [-0.1, -0.05) is 79.2 Å². The fraction of sp³-hybridized carbons (Fsp3) is 0.290. The Hall–Kier alpha value is -2.84. The van der Waals surface area contributed by atoms with Crippen molar-refractivity contribution in [2.45, 2.75) is 53.9 Å². The molecule has 33 heavy (non-hydrogen) atoms. The molecule has 3 aromatic rings. The number of hydrogen-bond acceptors (Lipinski definition) is 1. The van der Waals surface area contributed by atoms with Crippen molar-refractivity contribution >= 4 is 10.5 Å². The molecular weight excluding hydrogens is 416 g/mol. The van der Waals surface area contributed by atoms with E-state index in [4.69, 9.17) is 4.43 Å². The highest BCUT2D eigenvalue weighted by molar-refractivity contribution is 6.00. The van der Waals surface area contributed by atoms with E-state index >= 15 is 0 Å². The zero-order valence-electron chi connectivity index (χ0n) is 21.3. The molecule has 0 spiro atoms. The average molecular weight is 453 g/mol. The van der Waals surface area contributed by atoms with E-state index in [0.29, 0.717) is 16.4 Å². The second-order valence-corrected chi connectivity index (χ2v) is 9.98. The average Bonchev–Trinajstić information content (AvgIpc) is 3.09. The lowest BCUT2D eigenvalue weighted by Gasteiger charge is -2.43. The van der Waals surface area contributed by atoms with Crippen LogP contribution in [0.1, 0.15) is 59.7 Å². The van der Waals surface area contributed by atoms with E-state index in [-0.39, 0.29) is 0 Å². The smallest absolute Gasteiger partial charge is 0.204 e. The van der Waals surface area contributed by atoms with Crippen LogP contribution in [0.5, 0.6) is 5.75 Å². The molecule has 1 atom stereocenters. The molecule has 1 unspecified atom stereocenters. The van der Waals surface area contributed by atoms with Crippen molar-refractivity contribution in [3.05, 3.63) is 122 Å². The maximum Gasteiger partial charge on any atom is 0.204 e. The van der Waals surface area contributed by atoms with Crippen LogP contribution in [0.4, 0.5) is 0 Å². The molecule has 2 heteroatoms. The first-order chi connectivity index (χ1) is 15.8. The summed E-state index contributed by atoms with van der Waals surface area (Å²) in [6.07, 6.45) is 2.43. The topological polar surface area (TPSA) is 9.23 Å². The molecule has 0 saturated carbocycles. The Labute approximate surface area is 202 Å². The van der Waals surface area contributed by atoms with Gasteiger partial charge in [0.2, 0.25) is 10.5 Å². The van der Waals surface area contributed by atoms with Crippen molar-refractivity contribution in [3.63, 3.8) is 0 Å². The molecular formula is C31H36OSi. The number of allylic oxidation sites excluding steroid dienone is 4. The number of hydrogen-bond donors (Lipinski definition) is 0. The van der Waals surface area contributed by atoms with Gasteiger partial charge in [-0.05, 0) is 92.0 Å². The van der Waals surface area contributed by atoms with Crippen molar-refractivity contribution in [1.82, 2.24) is 0 Å². The lowest BCUT2D eigenvalue weighted by molar-refractivity contribution is 0.559.